The quantitative estimate of drug-likeness (QED) is 0.156. The molecule has 2 heteroatoms. The zero-order valence-corrected chi connectivity index (χ0v) is 30.7. The molecular weight excluding hydrogens is 677 g/mol. The van der Waals surface area contributed by atoms with Crippen molar-refractivity contribution in [2.24, 2.45) is 0 Å². The summed E-state index contributed by atoms with van der Waals surface area (Å²) < 4.78 is 2.38. The van der Waals surface area contributed by atoms with Gasteiger partial charge >= 0.3 is 0 Å². The first-order valence-electron chi connectivity index (χ1n) is 19.3. The summed E-state index contributed by atoms with van der Waals surface area (Å²) in [5.41, 5.74) is 11.7. The van der Waals surface area contributed by atoms with E-state index < -0.39 is 0 Å². The summed E-state index contributed by atoms with van der Waals surface area (Å²) >= 11 is 0. The van der Waals surface area contributed by atoms with E-state index in [0.717, 1.165) is 22.7 Å². The van der Waals surface area contributed by atoms with E-state index in [1.807, 2.05) is 0 Å². The third-order valence-corrected chi connectivity index (χ3v) is 11.4. The lowest BCUT2D eigenvalue weighted by atomic mass is 9.94. The van der Waals surface area contributed by atoms with Gasteiger partial charge in [0.2, 0.25) is 0 Å². The van der Waals surface area contributed by atoms with Crippen molar-refractivity contribution >= 4 is 71.2 Å². The zero-order chi connectivity index (χ0) is 37.0. The van der Waals surface area contributed by atoms with Gasteiger partial charge in [-0.15, -0.1) is 0 Å². The average Bonchev–Trinajstić information content (AvgIpc) is 3.61. The van der Waals surface area contributed by atoms with Crippen LogP contribution in [0.25, 0.3) is 82.1 Å². The molecule has 0 bridgehead atoms. The predicted molar refractivity (Wildman–Crippen MR) is 239 cm³/mol. The van der Waals surface area contributed by atoms with E-state index in [4.69, 9.17) is 0 Å². The van der Waals surface area contributed by atoms with Crippen molar-refractivity contribution in [3.05, 3.63) is 218 Å². The standard InChI is InChI=1S/C54H36N2/c1-3-15-37(16-4-1)43-22-9-10-24-45(43)39-18-13-21-41(35-39)55(52-28-14-26-46-48-31-29-38-17-7-8-23-44(38)47(48)32-33-50(46)52)42-30-34-54-51(36-42)49-25-11-12-27-53(49)56(54)40-19-5-2-6-20-40/h1-36H. The molecule has 0 radical (unpaired) electrons. The molecule has 0 aliphatic carbocycles. The number of hydrogen-bond donors (Lipinski definition) is 0. The van der Waals surface area contributed by atoms with Crippen molar-refractivity contribution in [2.75, 3.05) is 4.90 Å². The number of para-hydroxylation sites is 2. The molecule has 0 amide bonds. The predicted octanol–water partition coefficient (Wildman–Crippen LogP) is 15.0. The molecule has 11 aromatic rings. The SMILES string of the molecule is c1ccc(-c2ccccc2-c2cccc(N(c3ccc4c(c3)c3ccccc3n4-c3ccccc3)c3cccc4c3ccc3c5ccccc5ccc43)c2)cc1. The molecule has 0 saturated carbocycles. The van der Waals surface area contributed by atoms with Gasteiger partial charge in [0, 0.05) is 33.2 Å². The van der Waals surface area contributed by atoms with Crippen LogP contribution in [0.4, 0.5) is 17.1 Å². The van der Waals surface area contributed by atoms with Gasteiger partial charge in [-0.25, -0.2) is 0 Å². The molecule has 0 atom stereocenters. The molecule has 0 aliphatic heterocycles. The van der Waals surface area contributed by atoms with Gasteiger partial charge in [-0.05, 0) is 104 Å². The first-order valence-corrected chi connectivity index (χ1v) is 19.3. The van der Waals surface area contributed by atoms with Crippen molar-refractivity contribution < 1.29 is 0 Å². The largest absolute Gasteiger partial charge is 0.310 e. The van der Waals surface area contributed by atoms with E-state index in [-0.39, 0.29) is 0 Å². The van der Waals surface area contributed by atoms with Crippen molar-refractivity contribution in [1.29, 1.82) is 0 Å². The topological polar surface area (TPSA) is 8.17 Å². The minimum Gasteiger partial charge on any atom is -0.310 e. The van der Waals surface area contributed by atoms with Crippen molar-refractivity contribution in [3.63, 3.8) is 0 Å². The Morgan fingerprint density at radius 3 is 1.73 bits per heavy atom. The summed E-state index contributed by atoms with van der Waals surface area (Å²) in [4.78, 5) is 2.46. The minimum atomic E-state index is 1.10. The minimum absolute atomic E-state index is 1.10. The van der Waals surface area contributed by atoms with Gasteiger partial charge < -0.3 is 9.47 Å². The van der Waals surface area contributed by atoms with Crippen LogP contribution in [-0.2, 0) is 0 Å². The molecule has 0 N–H and O–H groups in total. The van der Waals surface area contributed by atoms with E-state index in [9.17, 15) is 0 Å². The highest BCUT2D eigenvalue weighted by molar-refractivity contribution is 6.20. The summed E-state index contributed by atoms with van der Waals surface area (Å²) in [6, 6.07) is 79.5. The summed E-state index contributed by atoms with van der Waals surface area (Å²) in [7, 11) is 0. The highest BCUT2D eigenvalue weighted by Crippen LogP contribution is 2.45. The number of aromatic nitrogens is 1. The fraction of sp³-hybridized carbons (Fsp3) is 0. The Bertz CT molecular complexity index is 3250. The van der Waals surface area contributed by atoms with Gasteiger partial charge in [0.15, 0.2) is 0 Å². The van der Waals surface area contributed by atoms with E-state index in [1.54, 1.807) is 0 Å². The molecule has 56 heavy (non-hydrogen) atoms. The van der Waals surface area contributed by atoms with E-state index in [0.29, 0.717) is 0 Å². The third-order valence-electron chi connectivity index (χ3n) is 11.4. The molecule has 2 nitrogen and oxygen atoms in total. The smallest absolute Gasteiger partial charge is 0.0542 e. The van der Waals surface area contributed by atoms with E-state index in [1.165, 1.54) is 76.4 Å². The molecule has 1 heterocycles. The van der Waals surface area contributed by atoms with Gasteiger partial charge in [0.25, 0.3) is 0 Å². The van der Waals surface area contributed by atoms with Gasteiger partial charge in [0.05, 0.1) is 16.7 Å². The maximum atomic E-state index is 2.46. The average molecular weight is 713 g/mol. The second-order valence-electron chi connectivity index (χ2n) is 14.5. The monoisotopic (exact) mass is 712 g/mol. The van der Waals surface area contributed by atoms with Crippen molar-refractivity contribution in [1.82, 2.24) is 4.57 Å². The van der Waals surface area contributed by atoms with Crippen LogP contribution in [-0.4, -0.2) is 4.57 Å². The Morgan fingerprint density at radius 1 is 0.304 bits per heavy atom. The van der Waals surface area contributed by atoms with Gasteiger partial charge in [-0.3, -0.25) is 0 Å². The van der Waals surface area contributed by atoms with Crippen LogP contribution >= 0.6 is 0 Å². The Balaban J connectivity index is 1.17. The fourth-order valence-corrected chi connectivity index (χ4v) is 8.83. The summed E-state index contributed by atoms with van der Waals surface area (Å²) in [6.45, 7) is 0. The first-order chi connectivity index (χ1) is 27.8. The summed E-state index contributed by atoms with van der Waals surface area (Å²) in [5.74, 6) is 0. The summed E-state index contributed by atoms with van der Waals surface area (Å²) in [6.07, 6.45) is 0. The molecule has 0 spiro atoms. The molecule has 1 aromatic heterocycles. The number of rotatable bonds is 6. The number of anilines is 3. The van der Waals surface area contributed by atoms with Gasteiger partial charge in [-0.2, -0.15) is 0 Å². The normalized spacial score (nSPS) is 11.6. The lowest BCUT2D eigenvalue weighted by Crippen LogP contribution is -2.10. The van der Waals surface area contributed by atoms with Crippen LogP contribution in [0.5, 0.6) is 0 Å². The Labute approximate surface area is 325 Å². The lowest BCUT2D eigenvalue weighted by molar-refractivity contribution is 1.18. The number of nitrogens with zero attached hydrogens (tertiary/aromatic N) is 2. The van der Waals surface area contributed by atoms with Crippen LogP contribution in [0.3, 0.4) is 0 Å². The highest BCUT2D eigenvalue weighted by atomic mass is 15.1. The number of hydrogen-bond acceptors (Lipinski definition) is 1. The molecule has 262 valence electrons. The molecule has 0 fully saturated rings. The molecular formula is C54H36N2. The second kappa shape index (κ2) is 13.2. The van der Waals surface area contributed by atoms with Crippen LogP contribution in [0.15, 0.2) is 218 Å². The number of benzene rings is 10. The maximum absolute atomic E-state index is 2.46. The second-order valence-corrected chi connectivity index (χ2v) is 14.5. The van der Waals surface area contributed by atoms with Gasteiger partial charge in [0.1, 0.15) is 0 Å². The van der Waals surface area contributed by atoms with Crippen LogP contribution in [0.1, 0.15) is 0 Å². The molecule has 11 rings (SSSR count). The molecule has 10 aromatic carbocycles. The summed E-state index contributed by atoms with van der Waals surface area (Å²) in [5, 5.41) is 9.96. The molecule has 0 unspecified atom stereocenters. The molecule has 0 saturated heterocycles. The molecule has 0 aliphatic rings. The van der Waals surface area contributed by atoms with Crippen LogP contribution in [0.2, 0.25) is 0 Å². The lowest BCUT2D eigenvalue weighted by Gasteiger charge is -2.28. The third kappa shape index (κ3) is 5.19. The van der Waals surface area contributed by atoms with Gasteiger partial charge in [-0.1, -0.05) is 164 Å². The fourth-order valence-electron chi connectivity index (χ4n) is 8.83. The Hall–Kier alpha value is -7.42. The van der Waals surface area contributed by atoms with Crippen LogP contribution in [0, 0.1) is 0 Å². The number of fused-ring (bicyclic) bond motifs is 8. The van der Waals surface area contributed by atoms with Crippen LogP contribution < -0.4 is 4.90 Å². The van der Waals surface area contributed by atoms with Crippen molar-refractivity contribution in [2.45, 2.75) is 0 Å². The Kier molecular flexibility index (Phi) is 7.53. The van der Waals surface area contributed by atoms with Crippen molar-refractivity contribution in [3.8, 4) is 27.9 Å². The van der Waals surface area contributed by atoms with E-state index >= 15 is 0 Å². The highest BCUT2D eigenvalue weighted by Gasteiger charge is 2.20. The zero-order valence-electron chi connectivity index (χ0n) is 30.7. The Morgan fingerprint density at radius 2 is 0.875 bits per heavy atom. The maximum Gasteiger partial charge on any atom is 0.0542 e. The first kappa shape index (κ1) is 32.0. The van der Waals surface area contributed by atoms with E-state index in [2.05, 4.69) is 228 Å².